The van der Waals surface area contributed by atoms with Crippen molar-refractivity contribution in [3.63, 3.8) is 0 Å². The molecular weight excluding hydrogens is 422 g/mol. The first-order valence-corrected chi connectivity index (χ1v) is 7.87. The van der Waals surface area contributed by atoms with Gasteiger partial charge in [-0.25, -0.2) is 4.39 Å². The molecule has 1 atom stereocenters. The van der Waals surface area contributed by atoms with Gasteiger partial charge >= 0.3 is 0 Å². The minimum absolute atomic E-state index is 0. The van der Waals surface area contributed by atoms with Crippen LogP contribution in [0.5, 0.6) is 0 Å². The van der Waals surface area contributed by atoms with Gasteiger partial charge in [-0.15, -0.1) is 30.6 Å². The molecule has 1 heterocycles. The van der Waals surface area contributed by atoms with E-state index in [1.165, 1.54) is 6.07 Å². The number of aliphatic imine (C=N–C) groups is 1. The molecule has 2 N–H and O–H groups in total. The van der Waals surface area contributed by atoms with Gasteiger partial charge in [0.1, 0.15) is 5.82 Å². The van der Waals surface area contributed by atoms with E-state index < -0.39 is 0 Å². The predicted molar refractivity (Wildman–Crippen MR) is 107 cm³/mol. The van der Waals surface area contributed by atoms with Crippen molar-refractivity contribution in [1.29, 1.82) is 0 Å². The van der Waals surface area contributed by atoms with Crippen molar-refractivity contribution in [3.05, 3.63) is 48.3 Å². The van der Waals surface area contributed by atoms with Crippen LogP contribution in [0.2, 0.25) is 0 Å². The van der Waals surface area contributed by atoms with Gasteiger partial charge < -0.3 is 15.4 Å². The Balaban J connectivity index is 0.00000288. The van der Waals surface area contributed by atoms with Crippen LogP contribution in [-0.4, -0.2) is 57.3 Å². The van der Waals surface area contributed by atoms with Gasteiger partial charge in [0.15, 0.2) is 5.96 Å². The maximum Gasteiger partial charge on any atom is 0.191 e. The monoisotopic (exact) mass is 448 g/mol. The molecule has 24 heavy (non-hydrogen) atoms. The van der Waals surface area contributed by atoms with Crippen molar-refractivity contribution < 1.29 is 9.13 Å². The van der Waals surface area contributed by atoms with Gasteiger partial charge in [-0.2, -0.15) is 0 Å². The Kier molecular flexibility index (Phi) is 9.89. The summed E-state index contributed by atoms with van der Waals surface area (Å²) < 4.78 is 19.0. The normalized spacial score (nSPS) is 16.8. The summed E-state index contributed by atoms with van der Waals surface area (Å²) >= 11 is 0. The van der Waals surface area contributed by atoms with E-state index in [9.17, 15) is 4.39 Å². The Hall–Kier alpha value is -1.19. The van der Waals surface area contributed by atoms with Crippen molar-refractivity contribution in [1.82, 2.24) is 15.5 Å². The molecule has 7 heteroatoms. The molecule has 0 radical (unpaired) electrons. The number of benzene rings is 1. The third-order valence-corrected chi connectivity index (χ3v) is 3.82. The van der Waals surface area contributed by atoms with Gasteiger partial charge in [0.05, 0.1) is 19.3 Å². The molecule has 0 amide bonds. The van der Waals surface area contributed by atoms with Gasteiger partial charge in [0, 0.05) is 33.2 Å². The third-order valence-electron chi connectivity index (χ3n) is 3.82. The molecular formula is C17H26FIN4O. The lowest BCUT2D eigenvalue weighted by atomic mass is 10.0. The molecule has 1 saturated heterocycles. The molecule has 0 bridgehead atoms. The molecule has 5 nitrogen and oxygen atoms in total. The summed E-state index contributed by atoms with van der Waals surface area (Å²) in [6.45, 7) is 8.04. The van der Waals surface area contributed by atoms with E-state index in [1.54, 1.807) is 25.3 Å². The van der Waals surface area contributed by atoms with Crippen LogP contribution in [0.3, 0.4) is 0 Å². The van der Waals surface area contributed by atoms with Crippen LogP contribution in [0.1, 0.15) is 11.6 Å². The first-order valence-electron chi connectivity index (χ1n) is 7.87. The number of hydrogen-bond acceptors (Lipinski definition) is 3. The molecule has 1 aromatic carbocycles. The van der Waals surface area contributed by atoms with Crippen molar-refractivity contribution in [2.24, 2.45) is 4.99 Å². The zero-order chi connectivity index (χ0) is 16.5. The smallest absolute Gasteiger partial charge is 0.191 e. The first-order chi connectivity index (χ1) is 11.2. The fourth-order valence-electron chi connectivity index (χ4n) is 2.64. The summed E-state index contributed by atoms with van der Waals surface area (Å²) in [4.78, 5) is 6.49. The second-order valence-electron chi connectivity index (χ2n) is 5.34. The highest BCUT2D eigenvalue weighted by atomic mass is 127. The highest BCUT2D eigenvalue weighted by Crippen LogP contribution is 2.22. The lowest BCUT2D eigenvalue weighted by Crippen LogP contribution is -2.46. The van der Waals surface area contributed by atoms with E-state index >= 15 is 0 Å². The first kappa shape index (κ1) is 20.9. The average Bonchev–Trinajstić information content (AvgIpc) is 2.59. The van der Waals surface area contributed by atoms with Crippen LogP contribution in [0.4, 0.5) is 4.39 Å². The number of guanidine groups is 1. The SMILES string of the molecule is C=CCNC(=NC)NCC(c1cccc(F)c1)N1CCOCC1.I. The standard InChI is InChI=1S/C17H25FN4O.HI/c1-3-7-20-17(19-2)21-13-16(22-8-10-23-11-9-22)14-5-4-6-15(18)12-14;/h3-6,12,16H,1,7-11,13H2,2H3,(H2,19,20,21);1H. The molecule has 1 unspecified atom stereocenters. The molecule has 0 spiro atoms. The summed E-state index contributed by atoms with van der Waals surface area (Å²) in [6.07, 6.45) is 1.78. The molecule has 0 aromatic heterocycles. The Labute approximate surface area is 160 Å². The highest BCUT2D eigenvalue weighted by Gasteiger charge is 2.23. The van der Waals surface area contributed by atoms with Gasteiger partial charge in [-0.1, -0.05) is 18.2 Å². The summed E-state index contributed by atoms with van der Waals surface area (Å²) in [5.74, 6) is 0.495. The van der Waals surface area contributed by atoms with Crippen molar-refractivity contribution >= 4 is 29.9 Å². The molecule has 1 fully saturated rings. The molecule has 134 valence electrons. The largest absolute Gasteiger partial charge is 0.379 e. The maximum atomic E-state index is 13.6. The number of morpholine rings is 1. The van der Waals surface area contributed by atoms with Gasteiger partial charge in [0.2, 0.25) is 0 Å². The Morgan fingerprint density at radius 3 is 2.79 bits per heavy atom. The minimum Gasteiger partial charge on any atom is -0.379 e. The summed E-state index contributed by atoms with van der Waals surface area (Å²) in [7, 11) is 1.73. The number of nitrogens with one attached hydrogen (secondary N) is 2. The van der Waals surface area contributed by atoms with E-state index in [2.05, 4.69) is 27.1 Å². The number of nitrogens with zero attached hydrogens (tertiary/aromatic N) is 2. The van der Waals surface area contributed by atoms with E-state index in [0.29, 0.717) is 32.3 Å². The number of ether oxygens (including phenoxy) is 1. The van der Waals surface area contributed by atoms with Crippen molar-refractivity contribution in [2.45, 2.75) is 6.04 Å². The Morgan fingerprint density at radius 1 is 1.42 bits per heavy atom. The van der Waals surface area contributed by atoms with E-state index in [1.807, 2.05) is 6.07 Å². The lowest BCUT2D eigenvalue weighted by Gasteiger charge is -2.35. The number of halogens is 2. The quantitative estimate of drug-likeness (QED) is 0.303. The Bertz CT molecular complexity index is 535. The summed E-state index contributed by atoms with van der Waals surface area (Å²) in [5.41, 5.74) is 0.957. The minimum atomic E-state index is -0.213. The summed E-state index contributed by atoms with van der Waals surface area (Å²) in [6, 6.07) is 6.85. The summed E-state index contributed by atoms with van der Waals surface area (Å²) in [5, 5.41) is 6.45. The van der Waals surface area contributed by atoms with Crippen LogP contribution >= 0.6 is 24.0 Å². The number of rotatable bonds is 6. The fraction of sp³-hybridized carbons (Fsp3) is 0.471. The van der Waals surface area contributed by atoms with E-state index in [-0.39, 0.29) is 35.8 Å². The maximum absolute atomic E-state index is 13.6. The lowest BCUT2D eigenvalue weighted by molar-refractivity contribution is 0.0169. The van der Waals surface area contributed by atoms with Crippen molar-refractivity contribution in [2.75, 3.05) is 46.4 Å². The van der Waals surface area contributed by atoms with Gasteiger partial charge in [-0.3, -0.25) is 9.89 Å². The molecule has 1 aliphatic rings. The molecule has 0 saturated carbocycles. The van der Waals surface area contributed by atoms with E-state index in [4.69, 9.17) is 4.74 Å². The van der Waals surface area contributed by atoms with E-state index in [0.717, 1.165) is 18.7 Å². The molecule has 1 aliphatic heterocycles. The van der Waals surface area contributed by atoms with Gasteiger partial charge in [0.25, 0.3) is 0 Å². The second kappa shape index (κ2) is 11.4. The van der Waals surface area contributed by atoms with Crippen LogP contribution in [0, 0.1) is 5.82 Å². The zero-order valence-corrected chi connectivity index (χ0v) is 16.3. The van der Waals surface area contributed by atoms with Crippen LogP contribution in [0.25, 0.3) is 0 Å². The topological polar surface area (TPSA) is 48.9 Å². The predicted octanol–water partition coefficient (Wildman–Crippen LogP) is 2.17. The fourth-order valence-corrected chi connectivity index (χ4v) is 2.64. The van der Waals surface area contributed by atoms with Crippen LogP contribution < -0.4 is 10.6 Å². The zero-order valence-electron chi connectivity index (χ0n) is 14.0. The molecule has 1 aromatic rings. The highest BCUT2D eigenvalue weighted by molar-refractivity contribution is 14.0. The third kappa shape index (κ3) is 6.37. The van der Waals surface area contributed by atoms with Gasteiger partial charge in [-0.05, 0) is 17.7 Å². The van der Waals surface area contributed by atoms with Crippen LogP contribution in [0.15, 0.2) is 41.9 Å². The average molecular weight is 448 g/mol. The number of hydrogen-bond donors (Lipinski definition) is 2. The molecule has 0 aliphatic carbocycles. The van der Waals surface area contributed by atoms with Crippen molar-refractivity contribution in [3.8, 4) is 0 Å². The van der Waals surface area contributed by atoms with Crippen LogP contribution in [-0.2, 0) is 4.74 Å². The second-order valence-corrected chi connectivity index (χ2v) is 5.34. The Morgan fingerprint density at radius 2 is 2.17 bits per heavy atom. The molecule has 2 rings (SSSR count).